The van der Waals surface area contributed by atoms with Crippen LogP contribution < -0.4 is 0 Å². The zero-order chi connectivity index (χ0) is 17.5. The number of nitrogens with zero attached hydrogens (tertiary/aromatic N) is 1. The number of allylic oxidation sites excluding steroid dienone is 2. The van der Waals surface area contributed by atoms with E-state index in [1.807, 2.05) is 36.4 Å². The molecule has 126 valence electrons. The summed E-state index contributed by atoms with van der Waals surface area (Å²) in [6.07, 6.45) is 3.08. The van der Waals surface area contributed by atoms with Gasteiger partial charge >= 0.3 is 0 Å². The molecule has 2 aromatic rings. The molecule has 0 aromatic heterocycles. The van der Waals surface area contributed by atoms with Gasteiger partial charge in [-0.05, 0) is 42.9 Å². The molecule has 0 N–H and O–H groups in total. The molecule has 3 nitrogen and oxygen atoms in total. The van der Waals surface area contributed by atoms with Crippen LogP contribution in [0.15, 0.2) is 66.2 Å². The quantitative estimate of drug-likeness (QED) is 0.400. The van der Waals surface area contributed by atoms with Gasteiger partial charge in [0.1, 0.15) is 0 Å². The van der Waals surface area contributed by atoms with Gasteiger partial charge in [0, 0.05) is 4.92 Å². The molecule has 0 radical (unpaired) electrons. The zero-order valence-corrected chi connectivity index (χ0v) is 14.6. The topological polar surface area (TPSA) is 43.1 Å². The average Bonchev–Trinajstić information content (AvgIpc) is 2.58. The molecule has 0 spiro atoms. The number of benzene rings is 2. The Labute approximate surface area is 144 Å². The van der Waals surface area contributed by atoms with E-state index in [2.05, 4.69) is 45.0 Å². The Morgan fingerprint density at radius 3 is 2.38 bits per heavy atom. The van der Waals surface area contributed by atoms with Crippen LogP contribution in [0.2, 0.25) is 0 Å². The van der Waals surface area contributed by atoms with Gasteiger partial charge in [-0.3, -0.25) is 10.1 Å². The summed E-state index contributed by atoms with van der Waals surface area (Å²) in [6, 6.07) is 18.1. The summed E-state index contributed by atoms with van der Waals surface area (Å²) >= 11 is 0. The van der Waals surface area contributed by atoms with Crippen molar-refractivity contribution in [2.24, 2.45) is 5.92 Å². The minimum Gasteiger partial charge on any atom is -0.265 e. The van der Waals surface area contributed by atoms with Crippen molar-refractivity contribution >= 4 is 0 Å². The van der Waals surface area contributed by atoms with Gasteiger partial charge in [-0.25, -0.2) is 0 Å². The zero-order valence-electron chi connectivity index (χ0n) is 14.6. The molecule has 0 unspecified atom stereocenters. The maximum Gasteiger partial charge on any atom is 0.211 e. The molecular formula is C21H25NO2. The van der Waals surface area contributed by atoms with Gasteiger partial charge in [-0.15, -0.1) is 0 Å². The van der Waals surface area contributed by atoms with Crippen molar-refractivity contribution in [2.45, 2.75) is 33.1 Å². The second-order valence-electron chi connectivity index (χ2n) is 6.40. The standard InChI is InChI=1S/C21H25NO2/c1-16(13-14-19-10-8-7-9-17(19)2)18(3)21(15-22(23)24)20-11-5-4-6-12-20/h4-13,18,21H,14-15H2,1-3H3/b16-13+/t18-,21-/m0/s1. The van der Waals surface area contributed by atoms with Crippen molar-refractivity contribution in [3.05, 3.63) is 93.1 Å². The molecule has 0 saturated carbocycles. The van der Waals surface area contributed by atoms with E-state index in [0.29, 0.717) is 0 Å². The predicted octanol–water partition coefficient (Wildman–Crippen LogP) is 5.18. The minimum atomic E-state index is -0.206. The molecule has 0 aliphatic rings. The van der Waals surface area contributed by atoms with E-state index in [0.717, 1.165) is 12.0 Å². The molecule has 0 amide bonds. The van der Waals surface area contributed by atoms with Crippen LogP contribution in [-0.4, -0.2) is 11.5 Å². The van der Waals surface area contributed by atoms with E-state index in [4.69, 9.17) is 0 Å². The first-order valence-electron chi connectivity index (χ1n) is 8.37. The van der Waals surface area contributed by atoms with Crippen molar-refractivity contribution < 1.29 is 4.92 Å². The van der Waals surface area contributed by atoms with E-state index in [9.17, 15) is 10.1 Å². The first-order valence-corrected chi connectivity index (χ1v) is 8.37. The lowest BCUT2D eigenvalue weighted by atomic mass is 9.82. The summed E-state index contributed by atoms with van der Waals surface area (Å²) in [7, 11) is 0. The number of hydrogen-bond acceptors (Lipinski definition) is 2. The van der Waals surface area contributed by atoms with Crippen LogP contribution in [0.25, 0.3) is 0 Å². The van der Waals surface area contributed by atoms with Gasteiger partial charge in [-0.1, -0.05) is 73.2 Å². The smallest absolute Gasteiger partial charge is 0.211 e. The van der Waals surface area contributed by atoms with E-state index in [1.54, 1.807) is 0 Å². The second-order valence-corrected chi connectivity index (χ2v) is 6.40. The summed E-state index contributed by atoms with van der Waals surface area (Å²) in [6.45, 7) is 6.24. The second kappa shape index (κ2) is 8.44. The average molecular weight is 323 g/mol. The molecule has 0 aliphatic heterocycles. The molecule has 2 aromatic carbocycles. The third kappa shape index (κ3) is 4.79. The predicted molar refractivity (Wildman–Crippen MR) is 98.8 cm³/mol. The summed E-state index contributed by atoms with van der Waals surface area (Å²) in [5, 5.41) is 11.1. The molecule has 24 heavy (non-hydrogen) atoms. The van der Waals surface area contributed by atoms with Crippen molar-refractivity contribution in [1.29, 1.82) is 0 Å². The van der Waals surface area contributed by atoms with E-state index in [-0.39, 0.29) is 23.3 Å². The fourth-order valence-corrected chi connectivity index (χ4v) is 3.03. The highest BCUT2D eigenvalue weighted by atomic mass is 16.6. The van der Waals surface area contributed by atoms with Crippen LogP contribution in [0.1, 0.15) is 36.5 Å². The number of aryl methyl sites for hydroxylation is 1. The molecule has 0 saturated heterocycles. The lowest BCUT2D eigenvalue weighted by Crippen LogP contribution is -2.20. The fraction of sp³-hybridized carbons (Fsp3) is 0.333. The molecule has 0 aliphatic carbocycles. The Morgan fingerprint density at radius 1 is 1.12 bits per heavy atom. The van der Waals surface area contributed by atoms with Crippen molar-refractivity contribution in [3.8, 4) is 0 Å². The van der Waals surface area contributed by atoms with Crippen LogP contribution in [-0.2, 0) is 6.42 Å². The molecule has 0 fully saturated rings. The van der Waals surface area contributed by atoms with Crippen LogP contribution >= 0.6 is 0 Å². The normalized spacial score (nSPS) is 14.2. The van der Waals surface area contributed by atoms with Crippen molar-refractivity contribution in [2.75, 3.05) is 6.54 Å². The highest BCUT2D eigenvalue weighted by Crippen LogP contribution is 2.30. The van der Waals surface area contributed by atoms with E-state index >= 15 is 0 Å². The van der Waals surface area contributed by atoms with Crippen molar-refractivity contribution in [1.82, 2.24) is 0 Å². The Hall–Kier alpha value is -2.42. The monoisotopic (exact) mass is 323 g/mol. The maximum atomic E-state index is 11.1. The number of rotatable bonds is 7. The Morgan fingerprint density at radius 2 is 1.75 bits per heavy atom. The molecule has 2 rings (SSSR count). The van der Waals surface area contributed by atoms with Gasteiger partial charge in [0.25, 0.3) is 0 Å². The summed E-state index contributed by atoms with van der Waals surface area (Å²) in [5.41, 5.74) is 4.81. The van der Waals surface area contributed by atoms with Gasteiger partial charge in [-0.2, -0.15) is 0 Å². The Balaban J connectivity index is 2.18. The first-order chi connectivity index (χ1) is 11.5. The molecule has 3 heteroatoms. The van der Waals surface area contributed by atoms with Gasteiger partial charge in [0.05, 0.1) is 5.92 Å². The van der Waals surface area contributed by atoms with E-state index in [1.165, 1.54) is 16.7 Å². The minimum absolute atomic E-state index is 0.0409. The lowest BCUT2D eigenvalue weighted by molar-refractivity contribution is -0.484. The third-order valence-corrected chi connectivity index (χ3v) is 4.80. The van der Waals surface area contributed by atoms with Gasteiger partial charge < -0.3 is 0 Å². The SMILES string of the molecule is C/C(=C\Cc1ccccc1C)[C@H](C)[C@H](C[N+](=O)[O-])c1ccccc1. The highest BCUT2D eigenvalue weighted by molar-refractivity contribution is 5.29. The van der Waals surface area contributed by atoms with E-state index < -0.39 is 0 Å². The summed E-state index contributed by atoms with van der Waals surface area (Å²) < 4.78 is 0. The lowest BCUT2D eigenvalue weighted by Gasteiger charge is -2.22. The number of nitro groups is 1. The first kappa shape index (κ1) is 17.9. The molecule has 2 atom stereocenters. The Kier molecular flexibility index (Phi) is 6.30. The van der Waals surface area contributed by atoms with Crippen LogP contribution in [0.5, 0.6) is 0 Å². The third-order valence-electron chi connectivity index (χ3n) is 4.80. The largest absolute Gasteiger partial charge is 0.265 e. The Bertz CT molecular complexity index is 707. The molecule has 0 heterocycles. The van der Waals surface area contributed by atoms with Gasteiger partial charge in [0.2, 0.25) is 6.54 Å². The number of hydrogen-bond donors (Lipinski definition) is 0. The molecule has 0 bridgehead atoms. The van der Waals surface area contributed by atoms with Crippen LogP contribution in [0.4, 0.5) is 0 Å². The summed E-state index contributed by atoms with van der Waals surface area (Å²) in [5.74, 6) is 0.0242. The fourth-order valence-electron chi connectivity index (χ4n) is 3.03. The maximum absolute atomic E-state index is 11.1. The molecular weight excluding hydrogens is 298 g/mol. The van der Waals surface area contributed by atoms with Crippen LogP contribution in [0, 0.1) is 23.0 Å². The van der Waals surface area contributed by atoms with Gasteiger partial charge in [0.15, 0.2) is 0 Å². The van der Waals surface area contributed by atoms with Crippen LogP contribution in [0.3, 0.4) is 0 Å². The summed E-state index contributed by atoms with van der Waals surface area (Å²) in [4.78, 5) is 10.9. The van der Waals surface area contributed by atoms with Crippen molar-refractivity contribution in [3.63, 3.8) is 0 Å². The highest BCUT2D eigenvalue weighted by Gasteiger charge is 2.25.